The summed E-state index contributed by atoms with van der Waals surface area (Å²) in [4.78, 5) is 11.9. The zero-order valence-electron chi connectivity index (χ0n) is 11.7. The lowest BCUT2D eigenvalue weighted by Crippen LogP contribution is -2.45. The van der Waals surface area contributed by atoms with Crippen molar-refractivity contribution in [2.75, 3.05) is 13.1 Å². The summed E-state index contributed by atoms with van der Waals surface area (Å²) in [6.07, 6.45) is 4.74. The molecule has 1 fully saturated rings. The van der Waals surface area contributed by atoms with Crippen LogP contribution in [-0.4, -0.2) is 25.0 Å². The summed E-state index contributed by atoms with van der Waals surface area (Å²) in [5.74, 6) is 0.174. The van der Waals surface area contributed by atoms with Gasteiger partial charge in [0, 0.05) is 19.0 Å². The predicted octanol–water partition coefficient (Wildman–Crippen LogP) is 2.05. The van der Waals surface area contributed by atoms with E-state index in [1.807, 2.05) is 0 Å². The fourth-order valence-electron chi connectivity index (χ4n) is 2.47. The minimum absolute atomic E-state index is 0.174. The first-order valence-electron chi connectivity index (χ1n) is 7.36. The number of hydrogen-bond acceptors (Lipinski definition) is 2. The Balaban J connectivity index is 1.72. The molecule has 1 saturated heterocycles. The van der Waals surface area contributed by atoms with Crippen LogP contribution in [-0.2, 0) is 17.6 Å². The van der Waals surface area contributed by atoms with E-state index in [0.29, 0.717) is 12.5 Å². The molecule has 0 aliphatic carbocycles. The first kappa shape index (κ1) is 14.1. The van der Waals surface area contributed by atoms with E-state index in [2.05, 4.69) is 41.8 Å². The Bertz CT molecular complexity index is 394. The van der Waals surface area contributed by atoms with E-state index in [-0.39, 0.29) is 5.91 Å². The van der Waals surface area contributed by atoms with Crippen LogP contribution in [0.5, 0.6) is 0 Å². The summed E-state index contributed by atoms with van der Waals surface area (Å²) in [7, 11) is 0. The molecule has 1 atom stereocenters. The average molecular weight is 260 g/mol. The maximum absolute atomic E-state index is 11.9. The van der Waals surface area contributed by atoms with Crippen molar-refractivity contribution in [3.05, 3.63) is 35.4 Å². The van der Waals surface area contributed by atoms with Crippen LogP contribution in [0.2, 0.25) is 0 Å². The van der Waals surface area contributed by atoms with Gasteiger partial charge in [0.2, 0.25) is 5.91 Å². The lowest BCUT2D eigenvalue weighted by atomic mass is 10.0. The first-order chi connectivity index (χ1) is 9.28. The summed E-state index contributed by atoms with van der Waals surface area (Å²) in [5.41, 5.74) is 2.59. The van der Waals surface area contributed by atoms with Crippen molar-refractivity contribution in [1.29, 1.82) is 0 Å². The van der Waals surface area contributed by atoms with E-state index in [4.69, 9.17) is 0 Å². The number of amides is 1. The van der Waals surface area contributed by atoms with Crippen molar-refractivity contribution < 1.29 is 4.79 Å². The molecule has 19 heavy (non-hydrogen) atoms. The number of aryl methyl sites for hydroxylation is 2. The van der Waals surface area contributed by atoms with Gasteiger partial charge in [0.15, 0.2) is 0 Å². The molecule has 0 radical (unpaired) electrons. The second-order valence-corrected chi connectivity index (χ2v) is 5.28. The summed E-state index contributed by atoms with van der Waals surface area (Å²) < 4.78 is 0. The summed E-state index contributed by atoms with van der Waals surface area (Å²) in [6, 6.07) is 8.89. The number of piperidine rings is 1. The second-order valence-electron chi connectivity index (χ2n) is 5.28. The van der Waals surface area contributed by atoms with Crippen LogP contribution in [0, 0.1) is 0 Å². The van der Waals surface area contributed by atoms with Gasteiger partial charge < -0.3 is 10.6 Å². The van der Waals surface area contributed by atoms with Crippen molar-refractivity contribution in [2.24, 2.45) is 0 Å². The van der Waals surface area contributed by atoms with Crippen molar-refractivity contribution in [2.45, 2.75) is 45.1 Å². The van der Waals surface area contributed by atoms with Crippen LogP contribution in [0.3, 0.4) is 0 Å². The SMILES string of the molecule is CCc1ccc(CCC(=O)N[C@H]2CCCNC2)cc1. The predicted molar refractivity (Wildman–Crippen MR) is 78.2 cm³/mol. The maximum atomic E-state index is 11.9. The number of nitrogens with one attached hydrogen (secondary N) is 2. The second kappa shape index (κ2) is 7.29. The van der Waals surface area contributed by atoms with Gasteiger partial charge in [-0.15, -0.1) is 0 Å². The van der Waals surface area contributed by atoms with Crippen LogP contribution in [0.4, 0.5) is 0 Å². The van der Waals surface area contributed by atoms with Crippen molar-refractivity contribution >= 4 is 5.91 Å². The Hall–Kier alpha value is -1.35. The number of carbonyl (C=O) groups excluding carboxylic acids is 1. The molecular weight excluding hydrogens is 236 g/mol. The minimum atomic E-state index is 0.174. The highest BCUT2D eigenvalue weighted by molar-refractivity contribution is 5.76. The quantitative estimate of drug-likeness (QED) is 0.851. The van der Waals surface area contributed by atoms with E-state index >= 15 is 0 Å². The number of hydrogen-bond donors (Lipinski definition) is 2. The summed E-state index contributed by atoms with van der Waals surface area (Å²) in [5, 5.41) is 6.42. The van der Waals surface area contributed by atoms with Gasteiger partial charge in [-0.25, -0.2) is 0 Å². The van der Waals surface area contributed by atoms with Gasteiger partial charge in [0.25, 0.3) is 0 Å². The maximum Gasteiger partial charge on any atom is 0.220 e. The molecule has 2 rings (SSSR count). The molecule has 0 unspecified atom stereocenters. The van der Waals surface area contributed by atoms with E-state index < -0.39 is 0 Å². The zero-order valence-corrected chi connectivity index (χ0v) is 11.7. The Morgan fingerprint density at radius 1 is 1.32 bits per heavy atom. The highest BCUT2D eigenvalue weighted by atomic mass is 16.1. The molecule has 1 aromatic rings. The number of benzene rings is 1. The van der Waals surface area contributed by atoms with Crippen molar-refractivity contribution in [3.63, 3.8) is 0 Å². The van der Waals surface area contributed by atoms with Crippen LogP contribution in [0.15, 0.2) is 24.3 Å². The highest BCUT2D eigenvalue weighted by Crippen LogP contribution is 2.08. The smallest absolute Gasteiger partial charge is 0.220 e. The fraction of sp³-hybridized carbons (Fsp3) is 0.562. The van der Waals surface area contributed by atoms with E-state index in [1.165, 1.54) is 11.1 Å². The minimum Gasteiger partial charge on any atom is -0.352 e. The molecule has 3 heteroatoms. The van der Waals surface area contributed by atoms with Crippen LogP contribution in [0.1, 0.15) is 37.3 Å². The Morgan fingerprint density at radius 2 is 2.05 bits per heavy atom. The van der Waals surface area contributed by atoms with Crippen molar-refractivity contribution in [1.82, 2.24) is 10.6 Å². The molecule has 1 aliphatic rings. The Labute approximate surface area is 115 Å². The van der Waals surface area contributed by atoms with Gasteiger partial charge in [-0.3, -0.25) is 4.79 Å². The van der Waals surface area contributed by atoms with Crippen LogP contribution < -0.4 is 10.6 Å². The Kier molecular flexibility index (Phi) is 5.40. The summed E-state index contributed by atoms with van der Waals surface area (Å²) >= 11 is 0. The van der Waals surface area contributed by atoms with Gasteiger partial charge in [-0.1, -0.05) is 31.2 Å². The lowest BCUT2D eigenvalue weighted by molar-refractivity contribution is -0.121. The molecule has 0 bridgehead atoms. The van der Waals surface area contributed by atoms with E-state index in [0.717, 1.165) is 38.8 Å². The molecule has 0 saturated carbocycles. The fourth-order valence-corrected chi connectivity index (χ4v) is 2.47. The summed E-state index contributed by atoms with van der Waals surface area (Å²) in [6.45, 7) is 4.15. The molecule has 1 amide bonds. The first-order valence-corrected chi connectivity index (χ1v) is 7.36. The molecule has 1 aromatic carbocycles. The molecule has 2 N–H and O–H groups in total. The van der Waals surface area contributed by atoms with E-state index in [9.17, 15) is 4.79 Å². The topological polar surface area (TPSA) is 41.1 Å². The van der Waals surface area contributed by atoms with Gasteiger partial charge in [-0.2, -0.15) is 0 Å². The molecule has 3 nitrogen and oxygen atoms in total. The largest absolute Gasteiger partial charge is 0.352 e. The third kappa shape index (κ3) is 4.67. The van der Waals surface area contributed by atoms with Crippen LogP contribution >= 0.6 is 0 Å². The number of rotatable bonds is 5. The van der Waals surface area contributed by atoms with E-state index in [1.54, 1.807) is 0 Å². The van der Waals surface area contributed by atoms with Gasteiger partial charge >= 0.3 is 0 Å². The van der Waals surface area contributed by atoms with Gasteiger partial charge in [0.1, 0.15) is 0 Å². The molecule has 1 aliphatic heterocycles. The van der Waals surface area contributed by atoms with Crippen molar-refractivity contribution in [3.8, 4) is 0 Å². The van der Waals surface area contributed by atoms with Gasteiger partial charge in [0.05, 0.1) is 0 Å². The third-order valence-electron chi connectivity index (χ3n) is 3.73. The van der Waals surface area contributed by atoms with Crippen LogP contribution in [0.25, 0.3) is 0 Å². The lowest BCUT2D eigenvalue weighted by Gasteiger charge is -2.23. The normalized spacial score (nSPS) is 19.1. The average Bonchev–Trinajstić information content (AvgIpc) is 2.47. The highest BCUT2D eigenvalue weighted by Gasteiger charge is 2.14. The monoisotopic (exact) mass is 260 g/mol. The standard InChI is InChI=1S/C16H24N2O/c1-2-13-5-7-14(8-6-13)9-10-16(19)18-15-4-3-11-17-12-15/h5-8,15,17H,2-4,9-12H2,1H3,(H,18,19)/t15-/m0/s1. The molecule has 104 valence electrons. The number of carbonyl (C=O) groups is 1. The van der Waals surface area contributed by atoms with Gasteiger partial charge in [-0.05, 0) is 43.4 Å². The third-order valence-corrected chi connectivity index (χ3v) is 3.73. The molecule has 1 heterocycles. The molecule has 0 aromatic heterocycles. The molecular formula is C16H24N2O. The molecule has 0 spiro atoms. The Morgan fingerprint density at radius 3 is 2.68 bits per heavy atom. The zero-order chi connectivity index (χ0) is 13.5.